The lowest BCUT2D eigenvalue weighted by Gasteiger charge is -2.23. The Bertz CT molecular complexity index is 638. The summed E-state index contributed by atoms with van der Waals surface area (Å²) in [6.45, 7) is 1.84. The van der Waals surface area contributed by atoms with Gasteiger partial charge in [-0.1, -0.05) is 31.4 Å². The zero-order chi connectivity index (χ0) is 18.9. The van der Waals surface area contributed by atoms with Gasteiger partial charge in [0.05, 0.1) is 0 Å². The predicted octanol–water partition coefficient (Wildman–Crippen LogP) is 3.12. The van der Waals surface area contributed by atoms with E-state index in [1.54, 1.807) is 18.2 Å². The van der Waals surface area contributed by atoms with Gasteiger partial charge < -0.3 is 15.7 Å². The number of anilines is 1. The third-order valence-corrected chi connectivity index (χ3v) is 4.69. The van der Waals surface area contributed by atoms with Crippen molar-refractivity contribution in [3.63, 3.8) is 0 Å². The van der Waals surface area contributed by atoms with Crippen LogP contribution in [0.4, 0.5) is 5.69 Å². The molecule has 0 saturated heterocycles. The van der Waals surface area contributed by atoms with Crippen LogP contribution in [0.2, 0.25) is 0 Å². The minimum absolute atomic E-state index is 0.0562. The number of carboxylic acid groups (broad SMARTS) is 1. The number of carbonyl (C=O) groups is 3. The molecule has 0 bridgehead atoms. The van der Waals surface area contributed by atoms with Gasteiger partial charge in [-0.15, -0.1) is 0 Å². The molecule has 1 saturated carbocycles. The number of rotatable bonds is 8. The Morgan fingerprint density at radius 3 is 2.62 bits per heavy atom. The van der Waals surface area contributed by atoms with Crippen molar-refractivity contribution in [3.05, 3.63) is 29.8 Å². The fourth-order valence-electron chi connectivity index (χ4n) is 3.32. The fourth-order valence-corrected chi connectivity index (χ4v) is 3.32. The number of carboxylic acids is 1. The van der Waals surface area contributed by atoms with E-state index in [2.05, 4.69) is 10.6 Å². The Morgan fingerprint density at radius 1 is 1.19 bits per heavy atom. The van der Waals surface area contributed by atoms with Crippen LogP contribution < -0.4 is 10.6 Å². The zero-order valence-electron chi connectivity index (χ0n) is 15.3. The smallest absolute Gasteiger partial charge is 0.303 e. The molecule has 142 valence electrons. The summed E-state index contributed by atoms with van der Waals surface area (Å²) >= 11 is 0. The summed E-state index contributed by atoms with van der Waals surface area (Å²) in [4.78, 5) is 35.1. The fraction of sp³-hybridized carbons (Fsp3) is 0.550. The molecular formula is C20H28N2O4. The lowest BCUT2D eigenvalue weighted by atomic mass is 9.88. The van der Waals surface area contributed by atoms with E-state index in [0.29, 0.717) is 12.1 Å². The van der Waals surface area contributed by atoms with Crippen LogP contribution in [0.1, 0.15) is 57.4 Å². The molecule has 1 unspecified atom stereocenters. The highest BCUT2D eigenvalue weighted by Gasteiger charge is 2.22. The Labute approximate surface area is 154 Å². The molecule has 1 aromatic rings. The van der Waals surface area contributed by atoms with Crippen LogP contribution in [0.3, 0.4) is 0 Å². The number of amides is 2. The van der Waals surface area contributed by atoms with Crippen LogP contribution in [0.25, 0.3) is 0 Å². The standard InChI is InChI=1S/C20H28N2O4/c1-14(21-20(26)16-7-3-2-4-8-16)12-18(23)22-17-9-5-6-15(13-17)10-11-19(24)25/h5-6,9,13-14,16H,2-4,7-8,10-12H2,1H3,(H,21,26)(H,22,23)(H,24,25). The van der Waals surface area contributed by atoms with Gasteiger partial charge >= 0.3 is 5.97 Å². The van der Waals surface area contributed by atoms with Crippen LogP contribution in [-0.4, -0.2) is 28.9 Å². The number of hydrogen-bond acceptors (Lipinski definition) is 3. The number of hydrogen-bond donors (Lipinski definition) is 3. The van der Waals surface area contributed by atoms with Crippen molar-refractivity contribution in [2.75, 3.05) is 5.32 Å². The summed E-state index contributed by atoms with van der Waals surface area (Å²) in [5.41, 5.74) is 1.51. The van der Waals surface area contributed by atoms with E-state index in [9.17, 15) is 14.4 Å². The monoisotopic (exact) mass is 360 g/mol. The molecule has 1 atom stereocenters. The first-order valence-corrected chi connectivity index (χ1v) is 9.35. The van der Waals surface area contributed by atoms with Crippen LogP contribution in [0, 0.1) is 5.92 Å². The quantitative estimate of drug-likeness (QED) is 0.664. The van der Waals surface area contributed by atoms with E-state index in [1.807, 2.05) is 13.0 Å². The van der Waals surface area contributed by atoms with Crippen molar-refractivity contribution in [3.8, 4) is 0 Å². The molecule has 0 heterocycles. The molecule has 2 amide bonds. The number of aryl methyl sites for hydroxylation is 1. The first kappa shape index (κ1) is 19.9. The Morgan fingerprint density at radius 2 is 1.92 bits per heavy atom. The number of carbonyl (C=O) groups excluding carboxylic acids is 2. The second-order valence-electron chi connectivity index (χ2n) is 7.09. The van der Waals surface area contributed by atoms with Gasteiger partial charge in [-0.3, -0.25) is 14.4 Å². The lowest BCUT2D eigenvalue weighted by Crippen LogP contribution is -2.39. The van der Waals surface area contributed by atoms with Gasteiger partial charge in [0.15, 0.2) is 0 Å². The van der Waals surface area contributed by atoms with Gasteiger partial charge in [0, 0.05) is 30.5 Å². The predicted molar refractivity (Wildman–Crippen MR) is 99.8 cm³/mol. The first-order chi connectivity index (χ1) is 12.4. The van der Waals surface area contributed by atoms with Gasteiger partial charge in [0.25, 0.3) is 0 Å². The van der Waals surface area contributed by atoms with E-state index in [0.717, 1.165) is 31.2 Å². The van der Waals surface area contributed by atoms with Crippen LogP contribution in [0.15, 0.2) is 24.3 Å². The average molecular weight is 360 g/mol. The maximum absolute atomic E-state index is 12.2. The highest BCUT2D eigenvalue weighted by Crippen LogP contribution is 2.23. The van der Waals surface area contributed by atoms with Gasteiger partial charge in [0.2, 0.25) is 11.8 Å². The van der Waals surface area contributed by atoms with Gasteiger partial charge in [-0.25, -0.2) is 0 Å². The molecule has 1 aliphatic rings. The van der Waals surface area contributed by atoms with Crippen molar-refractivity contribution >= 4 is 23.5 Å². The summed E-state index contributed by atoms with van der Waals surface area (Å²) < 4.78 is 0. The van der Waals surface area contributed by atoms with E-state index in [1.165, 1.54) is 6.42 Å². The topological polar surface area (TPSA) is 95.5 Å². The summed E-state index contributed by atoms with van der Waals surface area (Å²) in [6.07, 6.45) is 5.97. The number of nitrogens with one attached hydrogen (secondary N) is 2. The second kappa shape index (κ2) is 9.94. The third-order valence-electron chi connectivity index (χ3n) is 4.69. The zero-order valence-corrected chi connectivity index (χ0v) is 15.3. The molecule has 0 radical (unpaired) electrons. The molecule has 1 aliphatic carbocycles. The van der Waals surface area contributed by atoms with Gasteiger partial charge in [-0.2, -0.15) is 0 Å². The first-order valence-electron chi connectivity index (χ1n) is 9.35. The third kappa shape index (κ3) is 6.86. The van der Waals surface area contributed by atoms with Gasteiger partial charge in [-0.05, 0) is 43.9 Å². The van der Waals surface area contributed by atoms with Crippen LogP contribution >= 0.6 is 0 Å². The van der Waals surface area contributed by atoms with Crippen molar-refractivity contribution in [1.29, 1.82) is 0 Å². The van der Waals surface area contributed by atoms with Crippen molar-refractivity contribution < 1.29 is 19.5 Å². The highest BCUT2D eigenvalue weighted by atomic mass is 16.4. The molecule has 0 aliphatic heterocycles. The Kier molecular flexibility index (Phi) is 7.63. The maximum atomic E-state index is 12.2. The summed E-state index contributed by atoms with van der Waals surface area (Å²) in [6, 6.07) is 6.96. The molecule has 2 rings (SSSR count). The van der Waals surface area contributed by atoms with Crippen molar-refractivity contribution in [1.82, 2.24) is 5.32 Å². The Hall–Kier alpha value is -2.37. The van der Waals surface area contributed by atoms with E-state index in [4.69, 9.17) is 5.11 Å². The molecule has 0 spiro atoms. The van der Waals surface area contributed by atoms with E-state index >= 15 is 0 Å². The van der Waals surface area contributed by atoms with Gasteiger partial charge in [0.1, 0.15) is 0 Å². The summed E-state index contributed by atoms with van der Waals surface area (Å²) in [5, 5.41) is 14.5. The van der Waals surface area contributed by atoms with Crippen molar-refractivity contribution in [2.24, 2.45) is 5.92 Å². The molecular weight excluding hydrogens is 332 g/mol. The van der Waals surface area contributed by atoms with E-state index in [-0.39, 0.29) is 36.6 Å². The van der Waals surface area contributed by atoms with Crippen LogP contribution in [0.5, 0.6) is 0 Å². The number of aliphatic carboxylic acids is 1. The maximum Gasteiger partial charge on any atom is 0.303 e. The van der Waals surface area contributed by atoms with Crippen molar-refractivity contribution in [2.45, 2.75) is 64.3 Å². The van der Waals surface area contributed by atoms with Crippen LogP contribution in [-0.2, 0) is 20.8 Å². The summed E-state index contributed by atoms with van der Waals surface area (Å²) in [7, 11) is 0. The minimum Gasteiger partial charge on any atom is -0.481 e. The minimum atomic E-state index is -0.845. The normalized spacial score (nSPS) is 15.9. The molecule has 1 aromatic carbocycles. The molecule has 0 aromatic heterocycles. The van der Waals surface area contributed by atoms with E-state index < -0.39 is 5.97 Å². The average Bonchev–Trinajstić information content (AvgIpc) is 2.60. The molecule has 1 fully saturated rings. The second-order valence-corrected chi connectivity index (χ2v) is 7.09. The number of benzene rings is 1. The molecule has 3 N–H and O–H groups in total. The SMILES string of the molecule is CC(CC(=O)Nc1cccc(CCC(=O)O)c1)NC(=O)C1CCCCC1. The molecule has 26 heavy (non-hydrogen) atoms. The molecule has 6 nitrogen and oxygen atoms in total. The lowest BCUT2D eigenvalue weighted by molar-refractivity contribution is -0.137. The molecule has 6 heteroatoms. The largest absolute Gasteiger partial charge is 0.481 e. The highest BCUT2D eigenvalue weighted by molar-refractivity contribution is 5.91. The summed E-state index contributed by atoms with van der Waals surface area (Å²) in [5.74, 6) is -0.875. The Balaban J connectivity index is 1.79.